The number of rotatable bonds is 9. The number of carbonyl (C=O) groups excluding carboxylic acids is 1. The van der Waals surface area contributed by atoms with Crippen molar-refractivity contribution in [1.29, 1.82) is 0 Å². The molecular weight excluding hydrogens is 422 g/mol. The lowest BCUT2D eigenvalue weighted by Crippen LogP contribution is -2.25. The summed E-state index contributed by atoms with van der Waals surface area (Å²) in [5, 5.41) is 3.52. The van der Waals surface area contributed by atoms with Crippen LogP contribution in [0.5, 0.6) is 5.75 Å². The van der Waals surface area contributed by atoms with Crippen molar-refractivity contribution >= 4 is 28.5 Å². The van der Waals surface area contributed by atoms with Crippen LogP contribution >= 0.6 is 11.6 Å². The largest absolute Gasteiger partial charge is 0.491 e. The number of para-hydroxylation sites is 3. The number of benzene rings is 3. The Morgan fingerprint density at radius 1 is 1.06 bits per heavy atom. The SMILES string of the molecule is Cc1ccccc1OCCn1c(CCCNC(=O)c2cccc(Cl)c2)nc2ccccc21. The van der Waals surface area contributed by atoms with Crippen LogP contribution in [-0.4, -0.2) is 28.6 Å². The molecule has 6 heteroatoms. The number of nitrogens with zero attached hydrogens (tertiary/aromatic N) is 2. The summed E-state index contributed by atoms with van der Waals surface area (Å²) < 4.78 is 8.23. The van der Waals surface area contributed by atoms with Crippen molar-refractivity contribution < 1.29 is 9.53 Å². The van der Waals surface area contributed by atoms with Gasteiger partial charge in [-0.1, -0.05) is 48.0 Å². The summed E-state index contributed by atoms with van der Waals surface area (Å²) in [6.45, 7) is 3.88. The lowest BCUT2D eigenvalue weighted by molar-refractivity contribution is 0.0953. The van der Waals surface area contributed by atoms with Crippen LogP contribution in [0.25, 0.3) is 11.0 Å². The maximum atomic E-state index is 12.3. The lowest BCUT2D eigenvalue weighted by Gasteiger charge is -2.12. The van der Waals surface area contributed by atoms with E-state index in [-0.39, 0.29) is 5.91 Å². The van der Waals surface area contributed by atoms with E-state index in [4.69, 9.17) is 21.3 Å². The smallest absolute Gasteiger partial charge is 0.251 e. The van der Waals surface area contributed by atoms with E-state index in [1.165, 1.54) is 0 Å². The van der Waals surface area contributed by atoms with Crippen LogP contribution in [0.4, 0.5) is 0 Å². The van der Waals surface area contributed by atoms with Crippen LogP contribution in [0, 0.1) is 6.92 Å². The minimum Gasteiger partial charge on any atom is -0.491 e. The van der Waals surface area contributed by atoms with E-state index in [0.717, 1.165) is 41.0 Å². The number of nitrogens with one attached hydrogen (secondary N) is 1. The van der Waals surface area contributed by atoms with Crippen LogP contribution in [0.3, 0.4) is 0 Å². The molecule has 0 spiro atoms. The molecule has 32 heavy (non-hydrogen) atoms. The Hall–Kier alpha value is -3.31. The summed E-state index contributed by atoms with van der Waals surface area (Å²) in [4.78, 5) is 17.1. The third-order valence-electron chi connectivity index (χ3n) is 5.35. The zero-order valence-corrected chi connectivity index (χ0v) is 18.8. The monoisotopic (exact) mass is 447 g/mol. The first-order valence-corrected chi connectivity index (χ1v) is 11.2. The summed E-state index contributed by atoms with van der Waals surface area (Å²) in [5.74, 6) is 1.78. The Morgan fingerprint density at radius 3 is 2.72 bits per heavy atom. The van der Waals surface area contributed by atoms with E-state index >= 15 is 0 Å². The van der Waals surface area contributed by atoms with Crippen molar-refractivity contribution in [3.8, 4) is 5.75 Å². The Bertz CT molecular complexity index is 1220. The molecule has 5 nitrogen and oxygen atoms in total. The molecule has 0 bridgehead atoms. The molecule has 0 aliphatic carbocycles. The van der Waals surface area contributed by atoms with Crippen LogP contribution < -0.4 is 10.1 Å². The molecule has 1 aromatic heterocycles. The van der Waals surface area contributed by atoms with Gasteiger partial charge in [0.15, 0.2) is 0 Å². The zero-order chi connectivity index (χ0) is 22.3. The van der Waals surface area contributed by atoms with Crippen LogP contribution in [0.15, 0.2) is 72.8 Å². The highest BCUT2D eigenvalue weighted by molar-refractivity contribution is 6.30. The van der Waals surface area contributed by atoms with Crippen molar-refractivity contribution in [2.24, 2.45) is 0 Å². The molecule has 0 fully saturated rings. The normalized spacial score (nSPS) is 10.9. The number of carbonyl (C=O) groups is 1. The standard InChI is InChI=1S/C26H26ClN3O2/c1-19-8-2-5-13-24(19)32-17-16-30-23-12-4-3-11-22(23)29-25(30)14-7-15-28-26(31)20-9-6-10-21(27)18-20/h2-6,8-13,18H,7,14-17H2,1H3,(H,28,31). The minimum atomic E-state index is -0.118. The summed E-state index contributed by atoms with van der Waals surface area (Å²) in [6, 6.07) is 23.1. The van der Waals surface area contributed by atoms with Gasteiger partial charge in [0.25, 0.3) is 5.91 Å². The summed E-state index contributed by atoms with van der Waals surface area (Å²) in [5.41, 5.74) is 3.76. The highest BCUT2D eigenvalue weighted by Crippen LogP contribution is 2.19. The summed E-state index contributed by atoms with van der Waals surface area (Å²) >= 11 is 5.97. The number of hydrogen-bond donors (Lipinski definition) is 1. The average molecular weight is 448 g/mol. The zero-order valence-electron chi connectivity index (χ0n) is 18.1. The van der Waals surface area contributed by atoms with Gasteiger partial charge in [-0.3, -0.25) is 4.79 Å². The number of halogens is 1. The van der Waals surface area contributed by atoms with Gasteiger partial charge in [0.2, 0.25) is 0 Å². The molecule has 0 unspecified atom stereocenters. The van der Waals surface area contributed by atoms with Crippen LogP contribution in [0.1, 0.15) is 28.2 Å². The van der Waals surface area contributed by atoms with E-state index < -0.39 is 0 Å². The minimum absolute atomic E-state index is 0.118. The summed E-state index contributed by atoms with van der Waals surface area (Å²) in [6.07, 6.45) is 1.54. The third kappa shape index (κ3) is 5.29. The second-order valence-electron chi connectivity index (χ2n) is 7.65. The van der Waals surface area contributed by atoms with E-state index in [0.29, 0.717) is 30.3 Å². The molecule has 0 saturated carbocycles. The molecule has 1 N–H and O–H groups in total. The number of aromatic nitrogens is 2. The second kappa shape index (κ2) is 10.3. The maximum absolute atomic E-state index is 12.3. The number of ether oxygens (including phenoxy) is 1. The van der Waals surface area contributed by atoms with Gasteiger partial charge < -0.3 is 14.6 Å². The first-order valence-electron chi connectivity index (χ1n) is 10.8. The highest BCUT2D eigenvalue weighted by Gasteiger charge is 2.11. The fourth-order valence-corrected chi connectivity index (χ4v) is 3.90. The molecule has 1 amide bonds. The maximum Gasteiger partial charge on any atom is 0.251 e. The molecule has 164 valence electrons. The third-order valence-corrected chi connectivity index (χ3v) is 5.58. The van der Waals surface area contributed by atoms with Crippen molar-refractivity contribution in [2.45, 2.75) is 26.3 Å². The number of imidazole rings is 1. The quantitative estimate of drug-likeness (QED) is 0.347. The fraction of sp³-hybridized carbons (Fsp3) is 0.231. The van der Waals surface area contributed by atoms with E-state index in [9.17, 15) is 4.79 Å². The van der Waals surface area contributed by atoms with Gasteiger partial charge in [-0.15, -0.1) is 0 Å². The van der Waals surface area contributed by atoms with Crippen LogP contribution in [-0.2, 0) is 13.0 Å². The Kier molecular flexibility index (Phi) is 7.07. The van der Waals surface area contributed by atoms with Crippen molar-refractivity contribution in [3.63, 3.8) is 0 Å². The Morgan fingerprint density at radius 2 is 1.88 bits per heavy atom. The van der Waals surface area contributed by atoms with E-state index in [1.807, 2.05) is 49.4 Å². The molecule has 3 aromatic carbocycles. The molecule has 4 rings (SSSR count). The Balaban J connectivity index is 1.37. The Labute approximate surface area is 193 Å². The van der Waals surface area contributed by atoms with Crippen LogP contribution in [0.2, 0.25) is 5.02 Å². The number of hydrogen-bond acceptors (Lipinski definition) is 3. The highest BCUT2D eigenvalue weighted by atomic mass is 35.5. The first kappa shape index (κ1) is 21.9. The number of amides is 1. The van der Waals surface area contributed by atoms with E-state index in [1.54, 1.807) is 24.3 Å². The van der Waals surface area contributed by atoms with Crippen molar-refractivity contribution in [1.82, 2.24) is 14.9 Å². The van der Waals surface area contributed by atoms with Gasteiger partial charge in [0, 0.05) is 23.6 Å². The predicted molar refractivity (Wildman–Crippen MR) is 129 cm³/mol. The topological polar surface area (TPSA) is 56.1 Å². The lowest BCUT2D eigenvalue weighted by atomic mass is 10.2. The molecule has 0 radical (unpaired) electrons. The molecule has 0 atom stereocenters. The average Bonchev–Trinajstić information content (AvgIpc) is 3.15. The fourth-order valence-electron chi connectivity index (χ4n) is 3.71. The molecule has 0 aliphatic heterocycles. The van der Waals surface area contributed by atoms with Gasteiger partial charge >= 0.3 is 0 Å². The molecule has 4 aromatic rings. The first-order chi connectivity index (χ1) is 15.6. The van der Waals surface area contributed by atoms with E-state index in [2.05, 4.69) is 16.0 Å². The van der Waals surface area contributed by atoms with Gasteiger partial charge in [0.05, 0.1) is 17.6 Å². The molecule has 0 saturated heterocycles. The second-order valence-corrected chi connectivity index (χ2v) is 8.09. The molecular formula is C26H26ClN3O2. The summed E-state index contributed by atoms with van der Waals surface area (Å²) in [7, 11) is 0. The van der Waals surface area contributed by atoms with Gasteiger partial charge in [-0.25, -0.2) is 4.98 Å². The molecule has 1 heterocycles. The van der Waals surface area contributed by atoms with Gasteiger partial charge in [-0.05, 0) is 55.3 Å². The molecule has 0 aliphatic rings. The van der Waals surface area contributed by atoms with Gasteiger partial charge in [-0.2, -0.15) is 0 Å². The van der Waals surface area contributed by atoms with Crippen molar-refractivity contribution in [2.75, 3.05) is 13.2 Å². The van der Waals surface area contributed by atoms with Gasteiger partial charge in [0.1, 0.15) is 18.2 Å². The van der Waals surface area contributed by atoms with Crippen molar-refractivity contribution in [3.05, 3.63) is 94.8 Å². The number of aryl methyl sites for hydroxylation is 2. The number of fused-ring (bicyclic) bond motifs is 1. The predicted octanol–water partition coefficient (Wildman–Crippen LogP) is 5.44.